The molecule has 0 fully saturated rings. The Kier molecular flexibility index (Phi) is 7.14. The van der Waals surface area contributed by atoms with Crippen LogP contribution in [0.5, 0.6) is 0 Å². The number of amides is 1. The molecule has 2 aromatic rings. The number of benzene rings is 2. The van der Waals surface area contributed by atoms with Gasteiger partial charge in [-0.15, -0.1) is 0 Å². The highest BCUT2D eigenvalue weighted by molar-refractivity contribution is 7.92. The number of carbonyl (C=O) groups excluding carboxylic acids is 1. The van der Waals surface area contributed by atoms with Crippen molar-refractivity contribution in [2.24, 2.45) is 0 Å². The van der Waals surface area contributed by atoms with Gasteiger partial charge in [-0.3, -0.25) is 9.10 Å². The Hall–Kier alpha value is -1.76. The second-order valence-corrected chi connectivity index (χ2v) is 9.08. The summed E-state index contributed by atoms with van der Waals surface area (Å²) in [7, 11) is -3.50. The zero-order valence-electron chi connectivity index (χ0n) is 15.4. The fourth-order valence-electron chi connectivity index (χ4n) is 2.66. The minimum absolute atomic E-state index is 0.178. The second-order valence-electron chi connectivity index (χ2n) is 6.33. The van der Waals surface area contributed by atoms with E-state index in [0.29, 0.717) is 33.4 Å². The van der Waals surface area contributed by atoms with E-state index in [2.05, 4.69) is 5.32 Å². The van der Waals surface area contributed by atoms with Gasteiger partial charge in [0.25, 0.3) is 0 Å². The van der Waals surface area contributed by atoms with Crippen LogP contribution in [-0.4, -0.2) is 27.1 Å². The Labute approximate surface area is 170 Å². The summed E-state index contributed by atoms with van der Waals surface area (Å²) < 4.78 is 25.7. The lowest BCUT2D eigenvalue weighted by atomic mass is 10.2. The van der Waals surface area contributed by atoms with E-state index in [0.717, 1.165) is 11.8 Å². The number of hydrogen-bond acceptors (Lipinski definition) is 3. The number of sulfonamides is 1. The largest absolute Gasteiger partial charge is 0.326 e. The molecule has 0 atom stereocenters. The third kappa shape index (κ3) is 5.86. The average molecular weight is 429 g/mol. The molecule has 0 unspecified atom stereocenters. The molecule has 0 aliphatic carbocycles. The standard InChI is InChI=1S/C19H22Cl2N2O3S/c1-13-9-10-15(20)12-17(13)22-19(24)8-5-11-23(27(3,25)26)18-7-4-6-16(21)14(18)2/h4,6-7,9-10,12H,5,8,11H2,1-3H3,(H,22,24). The van der Waals surface area contributed by atoms with Gasteiger partial charge in [-0.05, 0) is 55.7 Å². The van der Waals surface area contributed by atoms with Crippen LogP contribution in [0, 0.1) is 13.8 Å². The highest BCUT2D eigenvalue weighted by Crippen LogP contribution is 2.28. The maximum absolute atomic E-state index is 12.2. The molecule has 0 saturated carbocycles. The van der Waals surface area contributed by atoms with Crippen molar-refractivity contribution in [2.45, 2.75) is 26.7 Å². The smallest absolute Gasteiger partial charge is 0.232 e. The van der Waals surface area contributed by atoms with Crippen LogP contribution in [0.2, 0.25) is 10.0 Å². The van der Waals surface area contributed by atoms with Crippen molar-refractivity contribution in [3.8, 4) is 0 Å². The Morgan fingerprint density at radius 3 is 2.52 bits per heavy atom. The molecule has 0 aliphatic heterocycles. The summed E-state index contributed by atoms with van der Waals surface area (Å²) in [4.78, 5) is 12.2. The number of aryl methyl sites for hydroxylation is 1. The minimum atomic E-state index is -3.50. The lowest BCUT2D eigenvalue weighted by Gasteiger charge is -2.24. The van der Waals surface area contributed by atoms with Crippen LogP contribution in [0.4, 0.5) is 11.4 Å². The van der Waals surface area contributed by atoms with E-state index in [9.17, 15) is 13.2 Å². The van der Waals surface area contributed by atoms with E-state index in [1.165, 1.54) is 4.31 Å². The average Bonchev–Trinajstić information content (AvgIpc) is 2.57. The Morgan fingerprint density at radius 1 is 1.15 bits per heavy atom. The molecule has 5 nitrogen and oxygen atoms in total. The topological polar surface area (TPSA) is 66.5 Å². The van der Waals surface area contributed by atoms with Crippen LogP contribution in [0.25, 0.3) is 0 Å². The van der Waals surface area contributed by atoms with Gasteiger partial charge in [-0.2, -0.15) is 0 Å². The molecule has 8 heteroatoms. The molecule has 2 rings (SSSR count). The van der Waals surface area contributed by atoms with E-state index >= 15 is 0 Å². The number of nitrogens with zero attached hydrogens (tertiary/aromatic N) is 1. The molecule has 0 spiro atoms. The first-order valence-electron chi connectivity index (χ1n) is 8.38. The maximum atomic E-state index is 12.2. The molecule has 1 amide bonds. The zero-order chi connectivity index (χ0) is 20.2. The van der Waals surface area contributed by atoms with E-state index in [4.69, 9.17) is 23.2 Å². The van der Waals surface area contributed by atoms with Gasteiger partial charge >= 0.3 is 0 Å². The number of carbonyl (C=O) groups is 1. The molecule has 0 saturated heterocycles. The lowest BCUT2D eigenvalue weighted by Crippen LogP contribution is -2.32. The van der Waals surface area contributed by atoms with Gasteiger partial charge < -0.3 is 5.32 Å². The van der Waals surface area contributed by atoms with Gasteiger partial charge in [0.1, 0.15) is 0 Å². The van der Waals surface area contributed by atoms with Crippen LogP contribution in [0.15, 0.2) is 36.4 Å². The Balaban J connectivity index is 2.05. The molecule has 27 heavy (non-hydrogen) atoms. The maximum Gasteiger partial charge on any atom is 0.232 e. The van der Waals surface area contributed by atoms with E-state index in [-0.39, 0.29) is 18.9 Å². The first kappa shape index (κ1) is 21.5. The van der Waals surface area contributed by atoms with E-state index in [1.54, 1.807) is 37.3 Å². The Morgan fingerprint density at radius 2 is 1.85 bits per heavy atom. The van der Waals surface area contributed by atoms with Crippen molar-refractivity contribution in [1.82, 2.24) is 0 Å². The minimum Gasteiger partial charge on any atom is -0.326 e. The number of rotatable bonds is 7. The summed E-state index contributed by atoms with van der Waals surface area (Å²) in [5, 5.41) is 3.84. The van der Waals surface area contributed by atoms with Crippen LogP contribution >= 0.6 is 23.2 Å². The van der Waals surface area contributed by atoms with Crippen molar-refractivity contribution in [1.29, 1.82) is 0 Å². The Bertz CT molecular complexity index is 946. The molecule has 0 bridgehead atoms. The van der Waals surface area contributed by atoms with Crippen molar-refractivity contribution in [3.63, 3.8) is 0 Å². The molecule has 0 aromatic heterocycles. The monoisotopic (exact) mass is 428 g/mol. The van der Waals surface area contributed by atoms with Crippen LogP contribution in [-0.2, 0) is 14.8 Å². The van der Waals surface area contributed by atoms with Crippen molar-refractivity contribution in [2.75, 3.05) is 22.4 Å². The van der Waals surface area contributed by atoms with Crippen molar-refractivity contribution in [3.05, 3.63) is 57.6 Å². The van der Waals surface area contributed by atoms with Crippen LogP contribution in [0.1, 0.15) is 24.0 Å². The molecular weight excluding hydrogens is 407 g/mol. The van der Waals surface area contributed by atoms with Gasteiger partial charge in [0.2, 0.25) is 15.9 Å². The summed E-state index contributed by atoms with van der Waals surface area (Å²) in [5.74, 6) is -0.198. The van der Waals surface area contributed by atoms with E-state index in [1.807, 2.05) is 13.0 Å². The second kappa shape index (κ2) is 8.95. The highest BCUT2D eigenvalue weighted by atomic mass is 35.5. The normalized spacial score (nSPS) is 11.3. The predicted octanol–water partition coefficient (Wildman–Crippen LogP) is 4.80. The number of halogens is 2. The fourth-order valence-corrected chi connectivity index (χ4v) is 4.01. The van der Waals surface area contributed by atoms with Crippen LogP contribution < -0.4 is 9.62 Å². The fraction of sp³-hybridized carbons (Fsp3) is 0.316. The third-order valence-electron chi connectivity index (χ3n) is 4.15. The summed E-state index contributed by atoms with van der Waals surface area (Å²) in [6.45, 7) is 3.83. The van der Waals surface area contributed by atoms with Crippen molar-refractivity contribution < 1.29 is 13.2 Å². The SMILES string of the molecule is Cc1ccc(Cl)cc1NC(=O)CCCN(c1cccc(Cl)c1C)S(C)(=O)=O. The molecule has 0 radical (unpaired) electrons. The summed E-state index contributed by atoms with van der Waals surface area (Å²) in [5.41, 5.74) is 2.76. The molecule has 0 aliphatic rings. The quantitative estimate of drug-likeness (QED) is 0.688. The number of hydrogen-bond donors (Lipinski definition) is 1. The molecule has 146 valence electrons. The molecule has 2 aromatic carbocycles. The molecular formula is C19H22Cl2N2O3S. The first-order valence-corrected chi connectivity index (χ1v) is 11.0. The number of nitrogens with one attached hydrogen (secondary N) is 1. The summed E-state index contributed by atoms with van der Waals surface area (Å²) in [6.07, 6.45) is 1.69. The zero-order valence-corrected chi connectivity index (χ0v) is 17.7. The van der Waals surface area contributed by atoms with Gasteiger partial charge in [-0.1, -0.05) is 35.3 Å². The predicted molar refractivity (Wildman–Crippen MR) is 112 cm³/mol. The van der Waals surface area contributed by atoms with E-state index < -0.39 is 10.0 Å². The van der Waals surface area contributed by atoms with Gasteiger partial charge in [-0.25, -0.2) is 8.42 Å². The summed E-state index contributed by atoms with van der Waals surface area (Å²) in [6, 6.07) is 10.4. The summed E-state index contributed by atoms with van der Waals surface area (Å²) >= 11 is 12.1. The van der Waals surface area contributed by atoms with Crippen LogP contribution in [0.3, 0.4) is 0 Å². The highest BCUT2D eigenvalue weighted by Gasteiger charge is 2.20. The van der Waals surface area contributed by atoms with Crippen molar-refractivity contribution >= 4 is 50.5 Å². The number of anilines is 2. The van der Waals surface area contributed by atoms with Gasteiger partial charge in [0, 0.05) is 28.7 Å². The van der Waals surface area contributed by atoms with Gasteiger partial charge in [0.05, 0.1) is 11.9 Å². The van der Waals surface area contributed by atoms with Gasteiger partial charge in [0.15, 0.2) is 0 Å². The first-order chi connectivity index (χ1) is 12.6. The lowest BCUT2D eigenvalue weighted by molar-refractivity contribution is -0.116. The molecule has 0 heterocycles. The third-order valence-corrected chi connectivity index (χ3v) is 5.97. The molecule has 1 N–H and O–H groups in total.